The molecule has 2 aromatic carbocycles. The molecule has 1 unspecified atom stereocenters. The normalized spacial score (nSPS) is 19.3. The van der Waals surface area contributed by atoms with Crippen molar-refractivity contribution in [1.82, 2.24) is 15.5 Å². The minimum Gasteiger partial charge on any atom is -0.380 e. The lowest BCUT2D eigenvalue weighted by atomic mass is 9.99. The standard InChI is InChI=1S/C24H29N3O2/c1-29-17-18-11-12-23(22-10-3-2-9-21(18)22)24(28)26-20-8-6-14-27(16-20)15-19-7-4-5-13-25-19/h2-3,6,8-12,14,19,25H,4-5,7,13,15-17H2,1H3,(H,26,28). The van der Waals surface area contributed by atoms with Crippen molar-refractivity contribution in [2.45, 2.75) is 31.9 Å². The van der Waals surface area contributed by atoms with E-state index in [4.69, 9.17) is 4.74 Å². The van der Waals surface area contributed by atoms with E-state index in [1.54, 1.807) is 7.11 Å². The van der Waals surface area contributed by atoms with E-state index in [9.17, 15) is 4.79 Å². The number of methoxy groups -OCH3 is 1. The second kappa shape index (κ2) is 9.25. The van der Waals surface area contributed by atoms with Crippen LogP contribution in [0.15, 0.2) is 60.4 Å². The molecule has 29 heavy (non-hydrogen) atoms. The van der Waals surface area contributed by atoms with E-state index in [2.05, 4.69) is 21.7 Å². The van der Waals surface area contributed by atoms with Crippen molar-refractivity contribution >= 4 is 16.7 Å². The van der Waals surface area contributed by atoms with E-state index < -0.39 is 0 Å². The highest BCUT2D eigenvalue weighted by Gasteiger charge is 2.19. The molecule has 5 nitrogen and oxygen atoms in total. The molecule has 1 saturated heterocycles. The quantitative estimate of drug-likeness (QED) is 0.790. The molecule has 4 rings (SSSR count). The van der Waals surface area contributed by atoms with Crippen LogP contribution >= 0.6 is 0 Å². The lowest BCUT2D eigenvalue weighted by Crippen LogP contribution is -2.44. The molecule has 5 heteroatoms. The number of carbonyl (C=O) groups is 1. The van der Waals surface area contributed by atoms with Gasteiger partial charge in [0, 0.05) is 31.0 Å². The van der Waals surface area contributed by atoms with E-state index in [1.807, 2.05) is 48.6 Å². The SMILES string of the molecule is COCc1ccc(C(=O)NC2=CC=CN(CC3CCCCN3)C2)c2ccccc12. The van der Waals surface area contributed by atoms with Crippen LogP contribution in [0.1, 0.15) is 35.2 Å². The van der Waals surface area contributed by atoms with Crippen molar-refractivity contribution in [3.05, 3.63) is 71.6 Å². The molecule has 0 bridgehead atoms. The fraction of sp³-hybridized carbons (Fsp3) is 0.375. The predicted molar refractivity (Wildman–Crippen MR) is 117 cm³/mol. The summed E-state index contributed by atoms with van der Waals surface area (Å²) in [6, 6.07) is 12.4. The Labute approximate surface area is 172 Å². The van der Waals surface area contributed by atoms with Gasteiger partial charge in [0.05, 0.1) is 13.2 Å². The maximum atomic E-state index is 13.1. The predicted octanol–water partition coefficient (Wildman–Crippen LogP) is 3.57. The third-order valence-electron chi connectivity index (χ3n) is 5.67. The molecule has 1 atom stereocenters. The molecule has 2 heterocycles. The van der Waals surface area contributed by atoms with Crippen LogP contribution in [0.4, 0.5) is 0 Å². The molecule has 1 fully saturated rings. The molecular weight excluding hydrogens is 362 g/mol. The van der Waals surface area contributed by atoms with Crippen molar-refractivity contribution in [2.24, 2.45) is 0 Å². The lowest BCUT2D eigenvalue weighted by Gasteiger charge is -2.31. The van der Waals surface area contributed by atoms with Crippen LogP contribution in [0, 0.1) is 0 Å². The van der Waals surface area contributed by atoms with Crippen LogP contribution in [-0.4, -0.2) is 43.6 Å². The first-order chi connectivity index (χ1) is 14.2. The monoisotopic (exact) mass is 391 g/mol. The lowest BCUT2D eigenvalue weighted by molar-refractivity contribution is 0.0964. The molecule has 0 aromatic heterocycles. The average molecular weight is 392 g/mol. The summed E-state index contributed by atoms with van der Waals surface area (Å²) in [6.07, 6.45) is 9.90. The Bertz CT molecular complexity index is 929. The van der Waals surface area contributed by atoms with Gasteiger partial charge in [0.25, 0.3) is 5.91 Å². The highest BCUT2D eigenvalue weighted by molar-refractivity contribution is 6.08. The van der Waals surface area contributed by atoms with Gasteiger partial charge < -0.3 is 20.3 Å². The minimum atomic E-state index is -0.0672. The molecule has 152 valence electrons. The summed E-state index contributed by atoms with van der Waals surface area (Å²) >= 11 is 0. The van der Waals surface area contributed by atoms with Crippen LogP contribution in [-0.2, 0) is 11.3 Å². The Morgan fingerprint density at radius 3 is 2.86 bits per heavy atom. The molecule has 0 spiro atoms. The van der Waals surface area contributed by atoms with Gasteiger partial charge in [0.2, 0.25) is 0 Å². The fourth-order valence-corrected chi connectivity index (χ4v) is 4.23. The van der Waals surface area contributed by atoms with Crippen molar-refractivity contribution in [3.8, 4) is 0 Å². The van der Waals surface area contributed by atoms with Crippen LogP contribution in [0.2, 0.25) is 0 Å². The summed E-state index contributed by atoms with van der Waals surface area (Å²) < 4.78 is 5.30. The topological polar surface area (TPSA) is 53.6 Å². The van der Waals surface area contributed by atoms with Gasteiger partial charge >= 0.3 is 0 Å². The molecule has 1 amide bonds. The number of ether oxygens (including phenoxy) is 1. The third-order valence-corrected chi connectivity index (χ3v) is 5.67. The van der Waals surface area contributed by atoms with Crippen LogP contribution in [0.25, 0.3) is 10.8 Å². The number of nitrogens with zero attached hydrogens (tertiary/aromatic N) is 1. The number of allylic oxidation sites excluding steroid dienone is 2. The Kier molecular flexibility index (Phi) is 6.27. The summed E-state index contributed by atoms with van der Waals surface area (Å²) in [7, 11) is 1.69. The zero-order valence-electron chi connectivity index (χ0n) is 17.0. The Hall–Kier alpha value is -2.63. The molecule has 2 N–H and O–H groups in total. The van der Waals surface area contributed by atoms with Gasteiger partial charge in [-0.2, -0.15) is 0 Å². The van der Waals surface area contributed by atoms with Crippen LogP contribution < -0.4 is 10.6 Å². The van der Waals surface area contributed by atoms with E-state index in [0.717, 1.165) is 41.7 Å². The number of benzene rings is 2. The number of piperidine rings is 1. The van der Waals surface area contributed by atoms with Crippen LogP contribution in [0.3, 0.4) is 0 Å². The van der Waals surface area contributed by atoms with Gasteiger partial charge in [-0.25, -0.2) is 0 Å². The maximum Gasteiger partial charge on any atom is 0.256 e. The number of amides is 1. The van der Waals surface area contributed by atoms with Crippen molar-refractivity contribution in [1.29, 1.82) is 0 Å². The third kappa shape index (κ3) is 4.69. The second-order valence-electron chi connectivity index (χ2n) is 7.81. The van der Waals surface area contributed by atoms with Crippen LogP contribution in [0.5, 0.6) is 0 Å². The molecule has 2 aliphatic rings. The Morgan fingerprint density at radius 2 is 2.07 bits per heavy atom. The van der Waals surface area contributed by atoms with Gasteiger partial charge in [-0.15, -0.1) is 0 Å². The number of fused-ring (bicyclic) bond motifs is 1. The van der Waals surface area contributed by atoms with E-state index in [1.165, 1.54) is 19.3 Å². The number of hydrogen-bond donors (Lipinski definition) is 2. The van der Waals surface area contributed by atoms with Gasteiger partial charge in [0.15, 0.2) is 0 Å². The molecule has 0 saturated carbocycles. The summed E-state index contributed by atoms with van der Waals surface area (Å²) in [5.74, 6) is -0.0672. The highest BCUT2D eigenvalue weighted by atomic mass is 16.5. The van der Waals surface area contributed by atoms with Gasteiger partial charge in [-0.05, 0) is 60.1 Å². The highest BCUT2D eigenvalue weighted by Crippen LogP contribution is 2.24. The average Bonchev–Trinajstić information content (AvgIpc) is 2.75. The fourth-order valence-electron chi connectivity index (χ4n) is 4.23. The first-order valence-corrected chi connectivity index (χ1v) is 10.4. The summed E-state index contributed by atoms with van der Waals surface area (Å²) in [4.78, 5) is 15.3. The number of rotatable bonds is 6. The zero-order chi connectivity index (χ0) is 20.1. The Balaban J connectivity index is 1.46. The van der Waals surface area contributed by atoms with Gasteiger partial charge in [-0.3, -0.25) is 4.79 Å². The van der Waals surface area contributed by atoms with E-state index >= 15 is 0 Å². The number of hydrogen-bond acceptors (Lipinski definition) is 4. The summed E-state index contributed by atoms with van der Waals surface area (Å²) in [6.45, 7) is 3.33. The summed E-state index contributed by atoms with van der Waals surface area (Å²) in [5, 5.41) is 8.73. The minimum absolute atomic E-state index is 0.0672. The Morgan fingerprint density at radius 1 is 1.21 bits per heavy atom. The van der Waals surface area contributed by atoms with Gasteiger partial charge in [0.1, 0.15) is 0 Å². The molecule has 2 aromatic rings. The maximum absolute atomic E-state index is 13.1. The molecule has 0 radical (unpaired) electrons. The zero-order valence-corrected chi connectivity index (χ0v) is 17.0. The van der Waals surface area contributed by atoms with Crippen molar-refractivity contribution in [2.75, 3.05) is 26.7 Å². The second-order valence-corrected chi connectivity index (χ2v) is 7.81. The largest absolute Gasteiger partial charge is 0.380 e. The van der Waals surface area contributed by atoms with Crippen molar-refractivity contribution in [3.63, 3.8) is 0 Å². The van der Waals surface area contributed by atoms with E-state index in [0.29, 0.717) is 18.2 Å². The first-order valence-electron chi connectivity index (χ1n) is 10.4. The van der Waals surface area contributed by atoms with Crippen molar-refractivity contribution < 1.29 is 9.53 Å². The number of nitrogens with one attached hydrogen (secondary N) is 2. The molecule has 2 aliphatic heterocycles. The number of carbonyl (C=O) groups excluding carboxylic acids is 1. The van der Waals surface area contributed by atoms with E-state index in [-0.39, 0.29) is 5.91 Å². The summed E-state index contributed by atoms with van der Waals surface area (Å²) in [5.41, 5.74) is 2.71. The van der Waals surface area contributed by atoms with Gasteiger partial charge in [-0.1, -0.05) is 36.8 Å². The molecular formula is C24H29N3O2. The molecule has 0 aliphatic carbocycles. The first kappa shape index (κ1) is 19.7. The smallest absolute Gasteiger partial charge is 0.256 e.